The van der Waals surface area contributed by atoms with Crippen molar-refractivity contribution in [3.05, 3.63) is 5.89 Å². The predicted octanol–water partition coefficient (Wildman–Crippen LogP) is 1.40. The van der Waals surface area contributed by atoms with Crippen LogP contribution in [-0.2, 0) is 9.53 Å². The summed E-state index contributed by atoms with van der Waals surface area (Å²) in [6.07, 6.45) is 0.959. The maximum Gasteiger partial charge on any atom is 0.323 e. The van der Waals surface area contributed by atoms with Crippen LogP contribution in [0.3, 0.4) is 0 Å². The average molecular weight is 273 g/mol. The molecule has 0 aliphatic carbocycles. The minimum Gasteiger partial charge on any atom is -0.465 e. The van der Waals surface area contributed by atoms with Crippen molar-refractivity contribution in [2.75, 3.05) is 18.9 Å². The van der Waals surface area contributed by atoms with Crippen molar-refractivity contribution < 1.29 is 13.9 Å². The van der Waals surface area contributed by atoms with E-state index >= 15 is 0 Å². The van der Waals surface area contributed by atoms with Crippen LogP contribution in [0.15, 0.2) is 9.64 Å². The average Bonchev–Trinajstić information content (AvgIpc) is 2.75. The van der Waals surface area contributed by atoms with E-state index in [-0.39, 0.29) is 12.0 Å². The lowest BCUT2D eigenvalue weighted by molar-refractivity contribution is -0.144. The second-order valence-corrected chi connectivity index (χ2v) is 4.63. The summed E-state index contributed by atoms with van der Waals surface area (Å²) in [5.74, 6) is 0.793. The van der Waals surface area contributed by atoms with Gasteiger partial charge >= 0.3 is 5.97 Å². The van der Waals surface area contributed by atoms with E-state index in [9.17, 15) is 4.79 Å². The maximum absolute atomic E-state index is 11.7. The molecule has 0 radical (unpaired) electrons. The first-order chi connectivity index (χ1) is 8.67. The fourth-order valence-corrected chi connectivity index (χ4v) is 2.10. The van der Waals surface area contributed by atoms with Crippen molar-refractivity contribution in [3.8, 4) is 0 Å². The van der Waals surface area contributed by atoms with Gasteiger partial charge in [-0.15, -0.1) is 10.2 Å². The quantitative estimate of drug-likeness (QED) is 0.566. The number of carbonyl (C=O) groups is 1. The first-order valence-electron chi connectivity index (χ1n) is 6.00. The molecule has 102 valence electrons. The zero-order chi connectivity index (χ0) is 13.4. The lowest BCUT2D eigenvalue weighted by atomic mass is 10.3. The summed E-state index contributed by atoms with van der Waals surface area (Å²) in [6, 6.07) is -0.345. The molecule has 1 unspecified atom stereocenters. The van der Waals surface area contributed by atoms with Crippen LogP contribution in [0.5, 0.6) is 0 Å². The molecule has 18 heavy (non-hydrogen) atoms. The highest BCUT2D eigenvalue weighted by molar-refractivity contribution is 7.99. The van der Waals surface area contributed by atoms with Crippen LogP contribution in [0.4, 0.5) is 0 Å². The molecule has 0 amide bonds. The van der Waals surface area contributed by atoms with E-state index in [2.05, 4.69) is 15.5 Å². The standard InChI is InChI=1S/C11H19N3O3S/c1-4-6-12-9(10(15)16-5-2)7-18-11-14-13-8(3)17-11/h9,12H,4-7H2,1-3H3. The number of ether oxygens (including phenoxy) is 1. The second-order valence-electron chi connectivity index (χ2n) is 3.66. The Hall–Kier alpha value is -1.08. The first kappa shape index (κ1) is 15.0. The lowest BCUT2D eigenvalue weighted by Gasteiger charge is -2.15. The Morgan fingerprint density at radius 3 is 2.83 bits per heavy atom. The van der Waals surface area contributed by atoms with E-state index in [0.717, 1.165) is 13.0 Å². The number of carbonyl (C=O) groups excluding carboxylic acids is 1. The van der Waals surface area contributed by atoms with E-state index in [1.54, 1.807) is 13.8 Å². The van der Waals surface area contributed by atoms with Gasteiger partial charge in [0.25, 0.3) is 5.22 Å². The molecule has 7 heteroatoms. The summed E-state index contributed by atoms with van der Waals surface area (Å²) in [5, 5.41) is 11.2. The van der Waals surface area contributed by atoms with Gasteiger partial charge in [-0.2, -0.15) is 0 Å². The van der Waals surface area contributed by atoms with Crippen molar-refractivity contribution in [3.63, 3.8) is 0 Å². The minimum absolute atomic E-state index is 0.241. The zero-order valence-electron chi connectivity index (χ0n) is 10.9. The smallest absolute Gasteiger partial charge is 0.323 e. The molecule has 0 fully saturated rings. The number of hydrogen-bond donors (Lipinski definition) is 1. The first-order valence-corrected chi connectivity index (χ1v) is 6.98. The van der Waals surface area contributed by atoms with Crippen molar-refractivity contribution in [2.45, 2.75) is 38.5 Å². The van der Waals surface area contributed by atoms with Crippen molar-refractivity contribution >= 4 is 17.7 Å². The third-order valence-electron chi connectivity index (χ3n) is 2.09. The van der Waals surface area contributed by atoms with Gasteiger partial charge in [-0.25, -0.2) is 0 Å². The van der Waals surface area contributed by atoms with Crippen LogP contribution in [0.25, 0.3) is 0 Å². The van der Waals surface area contributed by atoms with Gasteiger partial charge in [0.15, 0.2) is 0 Å². The molecule has 1 N–H and O–H groups in total. The number of rotatable bonds is 8. The lowest BCUT2D eigenvalue weighted by Crippen LogP contribution is -2.40. The number of aryl methyl sites for hydroxylation is 1. The molecule has 1 rings (SSSR count). The molecule has 0 bridgehead atoms. The molecule has 0 aliphatic rings. The van der Waals surface area contributed by atoms with Gasteiger partial charge in [0.2, 0.25) is 5.89 Å². The number of esters is 1. The highest BCUT2D eigenvalue weighted by Gasteiger charge is 2.20. The molecule has 1 aromatic rings. The van der Waals surface area contributed by atoms with Crippen LogP contribution in [0.1, 0.15) is 26.2 Å². The Kier molecular flexibility index (Phi) is 6.74. The number of nitrogens with zero attached hydrogens (tertiary/aromatic N) is 2. The van der Waals surface area contributed by atoms with Crippen molar-refractivity contribution in [1.29, 1.82) is 0 Å². The van der Waals surface area contributed by atoms with Crippen molar-refractivity contribution in [2.24, 2.45) is 0 Å². The van der Waals surface area contributed by atoms with Crippen LogP contribution in [0.2, 0.25) is 0 Å². The Balaban J connectivity index is 2.46. The van der Waals surface area contributed by atoms with Gasteiger partial charge < -0.3 is 14.5 Å². The topological polar surface area (TPSA) is 77.3 Å². The second kappa shape index (κ2) is 8.10. The Morgan fingerprint density at radius 1 is 1.50 bits per heavy atom. The van der Waals surface area contributed by atoms with E-state index < -0.39 is 0 Å². The molecule has 0 saturated carbocycles. The molecular formula is C11H19N3O3S. The largest absolute Gasteiger partial charge is 0.465 e. The number of aromatic nitrogens is 2. The van der Waals surface area contributed by atoms with Gasteiger partial charge in [-0.05, 0) is 19.9 Å². The van der Waals surface area contributed by atoms with Gasteiger partial charge in [-0.3, -0.25) is 4.79 Å². The number of hydrogen-bond acceptors (Lipinski definition) is 7. The van der Waals surface area contributed by atoms with Gasteiger partial charge in [0.05, 0.1) is 6.61 Å². The molecule has 1 aromatic heterocycles. The van der Waals surface area contributed by atoms with E-state index in [4.69, 9.17) is 9.15 Å². The molecule has 0 aromatic carbocycles. The highest BCUT2D eigenvalue weighted by atomic mass is 32.2. The Bertz CT molecular complexity index is 370. The van der Waals surface area contributed by atoms with Gasteiger partial charge in [0.1, 0.15) is 6.04 Å². The summed E-state index contributed by atoms with van der Waals surface area (Å²) < 4.78 is 10.3. The van der Waals surface area contributed by atoms with Crippen LogP contribution in [-0.4, -0.2) is 41.1 Å². The molecule has 1 heterocycles. The Morgan fingerprint density at radius 2 is 2.28 bits per heavy atom. The van der Waals surface area contributed by atoms with Crippen LogP contribution in [0, 0.1) is 6.92 Å². The third-order valence-corrected chi connectivity index (χ3v) is 3.00. The van der Waals surface area contributed by atoms with Gasteiger partial charge in [0, 0.05) is 12.7 Å². The third kappa shape index (κ3) is 5.05. The van der Waals surface area contributed by atoms with E-state index in [1.807, 2.05) is 6.92 Å². The summed E-state index contributed by atoms with van der Waals surface area (Å²) in [7, 11) is 0. The fraction of sp³-hybridized carbons (Fsp3) is 0.727. The molecule has 6 nitrogen and oxygen atoms in total. The molecule has 1 atom stereocenters. The molecule has 0 saturated heterocycles. The summed E-state index contributed by atoms with van der Waals surface area (Å²) in [5.41, 5.74) is 0. The Labute approximate surface area is 111 Å². The normalized spacial score (nSPS) is 12.4. The van der Waals surface area contributed by atoms with Crippen LogP contribution < -0.4 is 5.32 Å². The van der Waals surface area contributed by atoms with Crippen molar-refractivity contribution in [1.82, 2.24) is 15.5 Å². The highest BCUT2D eigenvalue weighted by Crippen LogP contribution is 2.17. The summed E-state index contributed by atoms with van der Waals surface area (Å²) in [4.78, 5) is 11.7. The molecular weight excluding hydrogens is 254 g/mol. The molecule has 0 aliphatic heterocycles. The van der Waals surface area contributed by atoms with Gasteiger partial charge in [-0.1, -0.05) is 18.7 Å². The summed E-state index contributed by atoms with van der Waals surface area (Å²) >= 11 is 1.35. The molecule has 0 spiro atoms. The zero-order valence-corrected chi connectivity index (χ0v) is 11.7. The van der Waals surface area contributed by atoms with E-state index in [0.29, 0.717) is 23.5 Å². The number of nitrogens with one attached hydrogen (secondary N) is 1. The van der Waals surface area contributed by atoms with Crippen LogP contribution >= 0.6 is 11.8 Å². The van der Waals surface area contributed by atoms with E-state index in [1.165, 1.54) is 11.8 Å². The SMILES string of the molecule is CCCNC(CSc1nnc(C)o1)C(=O)OCC. The fourth-order valence-electron chi connectivity index (χ4n) is 1.26. The number of thioether (sulfide) groups is 1. The summed E-state index contributed by atoms with van der Waals surface area (Å²) in [6.45, 7) is 6.72. The minimum atomic E-state index is -0.345. The maximum atomic E-state index is 11.7. The predicted molar refractivity (Wildman–Crippen MR) is 68.5 cm³/mol. The monoisotopic (exact) mass is 273 g/mol.